The molecular formula is C49H36N4O8P2. The molecule has 4 aromatic carbocycles. The maximum atomic E-state index is 11.8. The number of carbonyl (C=O) groups is 4. The Morgan fingerprint density at radius 1 is 0.492 bits per heavy atom. The lowest BCUT2D eigenvalue weighted by molar-refractivity contribution is -0.121. The van der Waals surface area contributed by atoms with E-state index in [2.05, 4.69) is 28.4 Å². The van der Waals surface area contributed by atoms with E-state index in [4.69, 9.17) is 20.8 Å². The lowest BCUT2D eigenvalue weighted by Gasteiger charge is -2.08. The van der Waals surface area contributed by atoms with Crippen LogP contribution in [0.5, 0.6) is 11.5 Å². The molecule has 310 valence electrons. The topological polar surface area (TPSA) is 185 Å². The van der Waals surface area contributed by atoms with Crippen LogP contribution in [-0.2, 0) is 9.59 Å². The second kappa shape index (κ2) is 18.5. The van der Waals surface area contributed by atoms with E-state index in [1.807, 2.05) is 72.8 Å². The van der Waals surface area contributed by atoms with Crippen molar-refractivity contribution >= 4 is 89.7 Å². The molecule has 63 heavy (non-hydrogen) atoms. The number of H-pyrrole nitrogens is 2. The number of nitrogens with zero attached hydrogens (tertiary/aromatic N) is 2. The molecule has 9 rings (SSSR count). The zero-order chi connectivity index (χ0) is 44.9. The Kier molecular flexibility index (Phi) is 11.9. The van der Waals surface area contributed by atoms with E-state index in [-0.39, 0.29) is 17.0 Å². The fourth-order valence-corrected chi connectivity index (χ4v) is 7.49. The van der Waals surface area contributed by atoms with Crippen LogP contribution in [0.25, 0.3) is 90.9 Å². The predicted octanol–water partition coefficient (Wildman–Crippen LogP) is 10.5. The molecule has 0 fully saturated rings. The van der Waals surface area contributed by atoms with Gasteiger partial charge >= 0.3 is 11.9 Å². The molecule has 14 heteroatoms. The van der Waals surface area contributed by atoms with Crippen molar-refractivity contribution in [1.29, 1.82) is 0 Å². The van der Waals surface area contributed by atoms with E-state index >= 15 is 0 Å². The number of carboxylic acids is 2. The van der Waals surface area contributed by atoms with Gasteiger partial charge in [-0.3, -0.25) is 9.59 Å². The summed E-state index contributed by atoms with van der Waals surface area (Å²) in [6, 6.07) is 35.1. The van der Waals surface area contributed by atoms with Crippen molar-refractivity contribution in [3.05, 3.63) is 155 Å². The van der Waals surface area contributed by atoms with Gasteiger partial charge in [-0.25, -0.2) is 19.6 Å². The number of benzene rings is 4. The zero-order valence-electron chi connectivity index (χ0n) is 34.0. The number of nitrogens with one attached hydrogen (secondary N) is 2. The average Bonchev–Trinajstić information content (AvgIpc) is 4.14. The molecule has 2 aliphatic heterocycles. The second-order valence-corrected chi connectivity index (χ2v) is 15.5. The number of hydrogen-bond acceptors (Lipinski definition) is 8. The van der Waals surface area contributed by atoms with E-state index in [1.165, 1.54) is 0 Å². The zero-order valence-corrected chi connectivity index (χ0v) is 35.3. The number of carbonyl (C=O) groups excluding carboxylic acids is 2. The van der Waals surface area contributed by atoms with Gasteiger partial charge in [0, 0.05) is 45.7 Å². The molecule has 2 atom stereocenters. The summed E-state index contributed by atoms with van der Waals surface area (Å²) in [7, 11) is 4.57. The normalized spacial score (nSPS) is 11.6. The van der Waals surface area contributed by atoms with Crippen LogP contribution in [0.15, 0.2) is 121 Å². The average molecular weight is 873 g/mol. The van der Waals surface area contributed by atoms with Crippen LogP contribution < -0.4 is 9.47 Å². The highest BCUT2D eigenvalue weighted by Crippen LogP contribution is 2.39. The van der Waals surface area contributed by atoms with Gasteiger partial charge in [0.25, 0.3) is 12.9 Å². The molecule has 0 spiro atoms. The number of rotatable bonds is 10. The number of ether oxygens (including phenoxy) is 2. The minimum absolute atomic E-state index is 0.0833. The number of aromatic carboxylic acids is 2. The third-order valence-electron chi connectivity index (χ3n) is 10.2. The highest BCUT2D eigenvalue weighted by molar-refractivity contribution is 7.36. The molecule has 2 aliphatic rings. The van der Waals surface area contributed by atoms with Crippen molar-refractivity contribution in [2.75, 3.05) is 5.88 Å². The number of fused-ring (bicyclic) bond motifs is 8. The molecule has 0 aliphatic carbocycles. The van der Waals surface area contributed by atoms with Crippen molar-refractivity contribution in [2.45, 2.75) is 0 Å². The Labute approximate surface area is 365 Å². The molecule has 7 aromatic rings. The van der Waals surface area contributed by atoms with Crippen LogP contribution in [0, 0.1) is 0 Å². The van der Waals surface area contributed by atoms with Crippen LogP contribution in [0.1, 0.15) is 44.9 Å². The highest BCUT2D eigenvalue weighted by Gasteiger charge is 2.20. The molecule has 4 N–H and O–H groups in total. The summed E-state index contributed by atoms with van der Waals surface area (Å²) in [6.45, 7) is 0.744. The predicted molar refractivity (Wildman–Crippen MR) is 252 cm³/mol. The first-order valence-electron chi connectivity index (χ1n) is 19.8. The van der Waals surface area contributed by atoms with Crippen LogP contribution >= 0.6 is 18.5 Å². The van der Waals surface area contributed by atoms with E-state index in [9.17, 15) is 29.4 Å². The van der Waals surface area contributed by atoms with Crippen LogP contribution in [0.4, 0.5) is 0 Å². The number of carboxylic acid groups (broad SMARTS) is 2. The van der Waals surface area contributed by atoms with Crippen LogP contribution in [0.2, 0.25) is 0 Å². The third kappa shape index (κ3) is 8.72. The first-order chi connectivity index (χ1) is 31.0. The Bertz CT molecular complexity index is 2970. The van der Waals surface area contributed by atoms with Gasteiger partial charge in [0.2, 0.25) is 0 Å². The van der Waals surface area contributed by atoms with Crippen molar-refractivity contribution in [3.63, 3.8) is 0 Å². The molecule has 0 amide bonds. The lowest BCUT2D eigenvalue weighted by Crippen LogP contribution is -1.96. The maximum absolute atomic E-state index is 11.8. The molecule has 8 bridgehead atoms. The fraction of sp³-hybridized carbons (Fsp3) is 0.0204. The smallest absolute Gasteiger partial charge is 0.335 e. The van der Waals surface area contributed by atoms with Crippen molar-refractivity contribution < 1.29 is 40.2 Å². The summed E-state index contributed by atoms with van der Waals surface area (Å²) < 4.78 is 16.7. The van der Waals surface area contributed by atoms with E-state index in [0.29, 0.717) is 80.5 Å². The van der Waals surface area contributed by atoms with Gasteiger partial charge in [0.15, 0.2) is 0 Å². The minimum Gasteiger partial charge on any atom is -0.478 e. The second-order valence-electron chi connectivity index (χ2n) is 13.9. The molecule has 3 aromatic heterocycles. The third-order valence-corrected chi connectivity index (χ3v) is 10.2. The number of hydrogen-bond donors (Lipinski definition) is 4. The Balaban J connectivity index is 0.00000135. The Hall–Kier alpha value is -7.78. The summed E-state index contributed by atoms with van der Waals surface area (Å²) in [5.41, 5.74) is 11.4. The maximum Gasteiger partial charge on any atom is 0.335 e. The largest absolute Gasteiger partial charge is 0.478 e. The van der Waals surface area contributed by atoms with E-state index < -0.39 is 11.9 Å². The van der Waals surface area contributed by atoms with Crippen molar-refractivity contribution in [2.24, 2.45) is 0 Å². The van der Waals surface area contributed by atoms with Gasteiger partial charge in [-0.15, -0.1) is 18.5 Å². The summed E-state index contributed by atoms with van der Waals surface area (Å²) in [5.74, 6) is -1.43. The minimum atomic E-state index is -1.05. The quantitative estimate of drug-likeness (QED) is 0.0761. The van der Waals surface area contributed by atoms with E-state index in [0.717, 1.165) is 33.3 Å². The summed E-state index contributed by atoms with van der Waals surface area (Å²) in [6.07, 6.45) is 7.64. The highest BCUT2D eigenvalue weighted by atomic mass is 31.1. The number of aromatic nitrogens is 4. The van der Waals surface area contributed by atoms with Crippen LogP contribution in [0.3, 0.4) is 0 Å². The summed E-state index contributed by atoms with van der Waals surface area (Å²) >= 11 is 0. The molecule has 0 radical (unpaired) electrons. The Morgan fingerprint density at radius 3 is 0.984 bits per heavy atom. The molecule has 0 saturated heterocycles. The monoisotopic (exact) mass is 872 g/mol. The van der Waals surface area contributed by atoms with Gasteiger partial charge in [-0.05, 0) is 125 Å². The number of aromatic amines is 2. The van der Waals surface area contributed by atoms with E-state index in [1.54, 1.807) is 72.8 Å². The fourth-order valence-electron chi connectivity index (χ4n) is 7.49. The SMILES string of the molecule is O=COc1ccc(-c2c3nc(c(-c4ccc(C(=O)O)cc4)c4ccc([nH]4)c(-c4ccc(C(=O)O)cc4)c4nc(c(-c5ccc(OC=O)cc5)c5ccc2[nH]5)C=C4)C=C3)cc1.[3H]C(P)P. The van der Waals surface area contributed by atoms with Crippen molar-refractivity contribution in [3.8, 4) is 56.0 Å². The van der Waals surface area contributed by atoms with Crippen molar-refractivity contribution in [1.82, 2.24) is 19.9 Å². The molecule has 5 heterocycles. The van der Waals surface area contributed by atoms with Gasteiger partial charge in [0.05, 0.1) is 33.9 Å². The van der Waals surface area contributed by atoms with Gasteiger partial charge < -0.3 is 29.7 Å². The molecule has 2 unspecified atom stereocenters. The molecule has 0 saturated carbocycles. The van der Waals surface area contributed by atoms with Gasteiger partial charge in [0.1, 0.15) is 11.5 Å². The first kappa shape index (κ1) is 40.6. The summed E-state index contributed by atoms with van der Waals surface area (Å²) in [5, 5.41) is 19.4. The van der Waals surface area contributed by atoms with Gasteiger partial charge in [-0.1, -0.05) is 48.5 Å². The summed E-state index contributed by atoms with van der Waals surface area (Å²) in [4.78, 5) is 63.6. The lowest BCUT2D eigenvalue weighted by atomic mass is 10.0. The molecular weight excluding hydrogens is 835 g/mol. The van der Waals surface area contributed by atoms with Crippen LogP contribution in [-0.4, -0.2) is 60.9 Å². The molecule has 12 nitrogen and oxygen atoms in total. The first-order valence-corrected chi connectivity index (χ1v) is 20.5. The standard InChI is InChI=1S/C48H30N4O8.CH6P2/c53-25-59-33-13-9-29(10-14-33)45-39-21-19-37(50-39)43(27-1-5-31(6-2-27)47(55)56)35-17-18-36(49-35)44(28-3-7-32(8-4-28)48(57)58)38-20-22-40(51-38)46(42-24-23-41(45)52-42)30-11-15-34(16-12-30)60-26-54;2-1-3/h1-26,49,52H,(H,55,56)(H,57,58);1-3H2/i;1T. The van der Waals surface area contributed by atoms with Gasteiger partial charge in [-0.2, -0.15) is 0 Å². The Morgan fingerprint density at radius 2 is 0.746 bits per heavy atom.